The van der Waals surface area contributed by atoms with E-state index in [-0.39, 0.29) is 16.8 Å². The Bertz CT molecular complexity index is 848. The Balaban J connectivity index is 1.99. The van der Waals surface area contributed by atoms with Crippen LogP contribution in [0.15, 0.2) is 53.4 Å². The van der Waals surface area contributed by atoms with Crippen LogP contribution in [0.3, 0.4) is 0 Å². The van der Waals surface area contributed by atoms with Crippen LogP contribution in [0.1, 0.15) is 31.0 Å². The molecule has 0 aromatic heterocycles. The lowest BCUT2D eigenvalue weighted by Gasteiger charge is -2.19. The molecule has 0 aliphatic carbocycles. The third-order valence-electron chi connectivity index (χ3n) is 3.74. The zero-order valence-electron chi connectivity index (χ0n) is 14.4. The van der Waals surface area contributed by atoms with Crippen LogP contribution in [-0.4, -0.2) is 20.4 Å². The fraction of sp³-hybridized carbons (Fsp3) is 0.278. The molecule has 2 aromatic rings. The van der Waals surface area contributed by atoms with Crippen LogP contribution in [0.4, 0.5) is 0 Å². The molecule has 1 amide bonds. The summed E-state index contributed by atoms with van der Waals surface area (Å²) in [4.78, 5) is 12.3. The lowest BCUT2D eigenvalue weighted by molar-refractivity contribution is -0.127. The molecule has 25 heavy (non-hydrogen) atoms. The van der Waals surface area contributed by atoms with E-state index < -0.39 is 16.1 Å². The van der Waals surface area contributed by atoms with Gasteiger partial charge < -0.3 is 10.1 Å². The van der Waals surface area contributed by atoms with Crippen LogP contribution in [0, 0.1) is 6.92 Å². The van der Waals surface area contributed by atoms with Crippen molar-refractivity contribution < 1.29 is 17.9 Å². The highest BCUT2D eigenvalue weighted by Crippen LogP contribution is 2.17. The van der Waals surface area contributed by atoms with E-state index in [1.54, 1.807) is 25.1 Å². The Morgan fingerprint density at radius 3 is 2.32 bits per heavy atom. The summed E-state index contributed by atoms with van der Waals surface area (Å²) in [6.07, 6.45) is -0.659. The molecule has 134 valence electrons. The minimum absolute atomic E-state index is 0.0333. The number of ether oxygens (including phenoxy) is 1. The molecular weight excluding hydrogens is 340 g/mol. The molecule has 2 aromatic carbocycles. The molecule has 2 unspecified atom stereocenters. The molecule has 2 atom stereocenters. The van der Waals surface area contributed by atoms with Gasteiger partial charge in [-0.2, -0.15) is 0 Å². The van der Waals surface area contributed by atoms with Gasteiger partial charge in [-0.15, -0.1) is 0 Å². The lowest BCUT2D eigenvalue weighted by Crippen LogP contribution is -2.37. The summed E-state index contributed by atoms with van der Waals surface area (Å²) < 4.78 is 28.2. The quantitative estimate of drug-likeness (QED) is 0.823. The monoisotopic (exact) mass is 362 g/mol. The second kappa shape index (κ2) is 7.67. The van der Waals surface area contributed by atoms with Gasteiger partial charge >= 0.3 is 0 Å². The standard InChI is InChI=1S/C18H22N2O4S/c1-12-5-4-6-16(11-12)24-14(3)18(21)20-13(2)15-7-9-17(10-8-15)25(19,22)23/h4-11,13-14H,1-3H3,(H,20,21)(H2,19,22,23). The van der Waals surface area contributed by atoms with Gasteiger partial charge in [0.25, 0.3) is 5.91 Å². The van der Waals surface area contributed by atoms with Crippen molar-refractivity contribution >= 4 is 15.9 Å². The molecule has 3 N–H and O–H groups in total. The number of carbonyl (C=O) groups is 1. The maximum Gasteiger partial charge on any atom is 0.261 e. The fourth-order valence-electron chi connectivity index (χ4n) is 2.31. The number of hydrogen-bond donors (Lipinski definition) is 2. The van der Waals surface area contributed by atoms with Gasteiger partial charge in [0.05, 0.1) is 10.9 Å². The number of sulfonamides is 1. The largest absolute Gasteiger partial charge is 0.481 e. The smallest absolute Gasteiger partial charge is 0.261 e. The predicted molar refractivity (Wildman–Crippen MR) is 95.6 cm³/mol. The van der Waals surface area contributed by atoms with Crippen LogP contribution in [-0.2, 0) is 14.8 Å². The molecule has 0 bridgehead atoms. The second-order valence-electron chi connectivity index (χ2n) is 5.92. The first-order valence-corrected chi connectivity index (χ1v) is 9.38. The third kappa shape index (κ3) is 5.30. The average Bonchev–Trinajstić information content (AvgIpc) is 2.54. The summed E-state index contributed by atoms with van der Waals surface area (Å²) in [7, 11) is -3.73. The molecule has 0 saturated carbocycles. The summed E-state index contributed by atoms with van der Waals surface area (Å²) in [5.74, 6) is 0.373. The highest BCUT2D eigenvalue weighted by atomic mass is 32.2. The number of hydrogen-bond acceptors (Lipinski definition) is 4. The second-order valence-corrected chi connectivity index (χ2v) is 7.48. The molecule has 2 rings (SSSR count). The Labute approximate surface area is 148 Å². The molecule has 0 heterocycles. The first-order chi connectivity index (χ1) is 11.7. The van der Waals surface area contributed by atoms with Gasteiger partial charge in [0.15, 0.2) is 6.10 Å². The topological polar surface area (TPSA) is 98.5 Å². The average molecular weight is 362 g/mol. The normalized spacial score (nSPS) is 13.8. The Hall–Kier alpha value is -2.38. The first-order valence-electron chi connectivity index (χ1n) is 7.83. The van der Waals surface area contributed by atoms with Gasteiger partial charge in [-0.05, 0) is 56.2 Å². The van der Waals surface area contributed by atoms with E-state index in [9.17, 15) is 13.2 Å². The first kappa shape index (κ1) is 19.0. The lowest BCUT2D eigenvalue weighted by atomic mass is 10.1. The third-order valence-corrected chi connectivity index (χ3v) is 4.67. The SMILES string of the molecule is Cc1cccc(OC(C)C(=O)NC(C)c2ccc(S(N)(=O)=O)cc2)c1. The molecule has 0 radical (unpaired) electrons. The van der Waals surface area contributed by atoms with Gasteiger partial charge in [-0.25, -0.2) is 13.6 Å². The number of benzene rings is 2. The van der Waals surface area contributed by atoms with Crippen LogP contribution < -0.4 is 15.2 Å². The Morgan fingerprint density at radius 1 is 1.12 bits per heavy atom. The molecule has 0 spiro atoms. The van der Waals surface area contributed by atoms with Crippen LogP contribution in [0.25, 0.3) is 0 Å². The summed E-state index contributed by atoms with van der Waals surface area (Å²) in [6, 6.07) is 13.2. The van der Waals surface area contributed by atoms with E-state index in [4.69, 9.17) is 9.88 Å². The number of primary sulfonamides is 1. The molecule has 0 aliphatic heterocycles. The maximum absolute atomic E-state index is 12.3. The van der Waals surface area contributed by atoms with Crippen molar-refractivity contribution in [2.45, 2.75) is 37.8 Å². The van der Waals surface area contributed by atoms with Crippen molar-refractivity contribution in [1.82, 2.24) is 5.32 Å². The number of amides is 1. The van der Waals surface area contributed by atoms with Crippen LogP contribution >= 0.6 is 0 Å². The van der Waals surface area contributed by atoms with Crippen LogP contribution in [0.2, 0.25) is 0 Å². The summed E-state index contributed by atoms with van der Waals surface area (Å²) in [6.45, 7) is 5.43. The molecule has 0 saturated heterocycles. The van der Waals surface area contributed by atoms with Crippen molar-refractivity contribution in [3.8, 4) is 5.75 Å². The highest BCUT2D eigenvalue weighted by Gasteiger charge is 2.18. The van der Waals surface area contributed by atoms with E-state index in [2.05, 4.69) is 5.32 Å². The van der Waals surface area contributed by atoms with Crippen molar-refractivity contribution in [2.75, 3.05) is 0 Å². The van der Waals surface area contributed by atoms with Crippen LogP contribution in [0.5, 0.6) is 5.75 Å². The van der Waals surface area contributed by atoms with E-state index in [0.29, 0.717) is 5.75 Å². The van der Waals surface area contributed by atoms with E-state index in [1.165, 1.54) is 12.1 Å². The summed E-state index contributed by atoms with van der Waals surface area (Å²) >= 11 is 0. The van der Waals surface area contributed by atoms with Crippen molar-refractivity contribution in [3.63, 3.8) is 0 Å². The molecule has 0 fully saturated rings. The maximum atomic E-state index is 12.3. The molecular formula is C18H22N2O4S. The number of nitrogens with two attached hydrogens (primary N) is 1. The molecule has 7 heteroatoms. The number of carbonyl (C=O) groups excluding carboxylic acids is 1. The van der Waals surface area contributed by atoms with E-state index >= 15 is 0 Å². The van der Waals surface area contributed by atoms with E-state index in [1.807, 2.05) is 32.0 Å². The summed E-state index contributed by atoms with van der Waals surface area (Å²) in [5.41, 5.74) is 1.82. The minimum Gasteiger partial charge on any atom is -0.481 e. The predicted octanol–water partition coefficient (Wildman–Crippen LogP) is 2.29. The molecule has 0 aliphatic rings. The number of rotatable bonds is 6. The number of aryl methyl sites for hydroxylation is 1. The van der Waals surface area contributed by atoms with Crippen molar-refractivity contribution in [2.24, 2.45) is 5.14 Å². The highest BCUT2D eigenvalue weighted by molar-refractivity contribution is 7.89. The van der Waals surface area contributed by atoms with Crippen molar-refractivity contribution in [1.29, 1.82) is 0 Å². The van der Waals surface area contributed by atoms with Crippen molar-refractivity contribution in [3.05, 3.63) is 59.7 Å². The Morgan fingerprint density at radius 2 is 1.76 bits per heavy atom. The summed E-state index contributed by atoms with van der Waals surface area (Å²) in [5, 5.41) is 7.92. The Kier molecular flexibility index (Phi) is 5.81. The minimum atomic E-state index is -3.73. The van der Waals surface area contributed by atoms with Gasteiger partial charge in [0, 0.05) is 0 Å². The number of nitrogens with one attached hydrogen (secondary N) is 1. The zero-order chi connectivity index (χ0) is 18.6. The van der Waals surface area contributed by atoms with Gasteiger partial charge in [0.2, 0.25) is 10.0 Å². The molecule has 6 nitrogen and oxygen atoms in total. The zero-order valence-corrected chi connectivity index (χ0v) is 15.2. The van der Waals surface area contributed by atoms with Gasteiger partial charge in [-0.1, -0.05) is 24.3 Å². The van der Waals surface area contributed by atoms with E-state index in [0.717, 1.165) is 11.1 Å². The van der Waals surface area contributed by atoms with Gasteiger partial charge in [0.1, 0.15) is 5.75 Å². The van der Waals surface area contributed by atoms with Gasteiger partial charge in [-0.3, -0.25) is 4.79 Å². The fourth-order valence-corrected chi connectivity index (χ4v) is 2.82.